The van der Waals surface area contributed by atoms with Crippen LogP contribution in [0.15, 0.2) is 11.6 Å². The van der Waals surface area contributed by atoms with Crippen LogP contribution in [0.3, 0.4) is 0 Å². The first-order chi connectivity index (χ1) is 8.30. The molecule has 96 valence electrons. The first-order valence-corrected chi connectivity index (χ1v) is 7.17. The van der Waals surface area contributed by atoms with Gasteiger partial charge in [-0.1, -0.05) is 12.8 Å². The molecule has 5 heteroatoms. The molecule has 0 amide bonds. The Hall–Kier alpha value is -0.490. The molecule has 0 radical (unpaired) electrons. The second kappa shape index (κ2) is 5.91. The van der Waals surface area contributed by atoms with Crippen LogP contribution in [0.2, 0.25) is 0 Å². The van der Waals surface area contributed by atoms with Crippen molar-refractivity contribution in [1.29, 1.82) is 0 Å². The minimum absolute atomic E-state index is 0.0881. The summed E-state index contributed by atoms with van der Waals surface area (Å²) in [7, 11) is 0. The molecule has 1 saturated carbocycles. The average molecular weight is 255 g/mol. The van der Waals surface area contributed by atoms with Crippen LogP contribution in [0, 0.1) is 0 Å². The summed E-state index contributed by atoms with van der Waals surface area (Å²) >= 11 is 1.68. The number of hydrogen-bond donors (Lipinski definition) is 2. The van der Waals surface area contributed by atoms with Gasteiger partial charge in [-0.2, -0.15) is 0 Å². The van der Waals surface area contributed by atoms with Crippen molar-refractivity contribution < 1.29 is 4.74 Å². The van der Waals surface area contributed by atoms with Crippen LogP contribution in [-0.4, -0.2) is 23.2 Å². The number of hydrazine groups is 1. The molecular weight excluding hydrogens is 234 g/mol. The van der Waals surface area contributed by atoms with Crippen molar-refractivity contribution in [3.8, 4) is 0 Å². The van der Waals surface area contributed by atoms with E-state index in [1.54, 1.807) is 11.3 Å². The Bertz CT molecular complexity index is 323. The zero-order valence-corrected chi connectivity index (χ0v) is 11.1. The number of nitrogens with one attached hydrogen (secondary N) is 1. The predicted octanol–water partition coefficient (Wildman–Crippen LogP) is 1.87. The maximum Gasteiger partial charge on any atom is 0.0942 e. The molecular formula is C12H21N3OS. The summed E-state index contributed by atoms with van der Waals surface area (Å²) in [5.74, 6) is 5.73. The lowest BCUT2D eigenvalue weighted by atomic mass is 9.90. The van der Waals surface area contributed by atoms with Gasteiger partial charge in [0.2, 0.25) is 0 Å². The molecule has 3 N–H and O–H groups in total. The molecule has 1 aliphatic rings. The summed E-state index contributed by atoms with van der Waals surface area (Å²) in [6, 6.07) is 0.163. The summed E-state index contributed by atoms with van der Waals surface area (Å²) in [6.07, 6.45) is 7.36. The number of aromatic nitrogens is 1. The fourth-order valence-corrected chi connectivity index (χ4v) is 3.44. The van der Waals surface area contributed by atoms with Gasteiger partial charge in [0.15, 0.2) is 0 Å². The maximum atomic E-state index is 6.03. The molecule has 1 fully saturated rings. The summed E-state index contributed by atoms with van der Waals surface area (Å²) in [5, 5.41) is 3.13. The Morgan fingerprint density at radius 2 is 2.35 bits per heavy atom. The third kappa shape index (κ3) is 2.85. The highest BCUT2D eigenvalue weighted by Crippen LogP contribution is 2.37. The van der Waals surface area contributed by atoms with Gasteiger partial charge in [-0.3, -0.25) is 11.3 Å². The lowest BCUT2D eigenvalue weighted by Crippen LogP contribution is -2.54. The Morgan fingerprint density at radius 1 is 1.59 bits per heavy atom. The number of nitrogens with two attached hydrogens (primary N) is 1. The van der Waals surface area contributed by atoms with E-state index >= 15 is 0 Å². The number of ether oxygens (including phenoxy) is 1. The van der Waals surface area contributed by atoms with Crippen LogP contribution in [-0.2, 0) is 11.2 Å². The Balaban J connectivity index is 2.09. The summed E-state index contributed by atoms with van der Waals surface area (Å²) in [6.45, 7) is 2.80. The maximum absolute atomic E-state index is 6.03. The lowest BCUT2D eigenvalue weighted by Gasteiger charge is -2.36. The molecule has 4 nitrogen and oxygen atoms in total. The van der Waals surface area contributed by atoms with E-state index in [-0.39, 0.29) is 11.6 Å². The first-order valence-electron chi connectivity index (χ1n) is 6.29. The van der Waals surface area contributed by atoms with Crippen molar-refractivity contribution in [3.05, 3.63) is 16.6 Å². The normalized spacial score (nSPS) is 20.6. The molecule has 0 bridgehead atoms. The van der Waals surface area contributed by atoms with Gasteiger partial charge in [-0.05, 0) is 19.8 Å². The predicted molar refractivity (Wildman–Crippen MR) is 69.8 cm³/mol. The van der Waals surface area contributed by atoms with E-state index in [9.17, 15) is 0 Å². The highest BCUT2D eigenvalue weighted by Gasteiger charge is 2.42. The molecule has 17 heavy (non-hydrogen) atoms. The van der Waals surface area contributed by atoms with E-state index in [1.807, 2.05) is 11.6 Å². The fraction of sp³-hybridized carbons (Fsp3) is 0.750. The van der Waals surface area contributed by atoms with Gasteiger partial charge in [0, 0.05) is 24.6 Å². The molecule has 0 spiro atoms. The summed E-state index contributed by atoms with van der Waals surface area (Å²) < 4.78 is 6.03. The van der Waals surface area contributed by atoms with Crippen molar-refractivity contribution in [2.75, 3.05) is 6.61 Å². The van der Waals surface area contributed by atoms with Crippen LogP contribution in [0.4, 0.5) is 0 Å². The van der Waals surface area contributed by atoms with E-state index in [4.69, 9.17) is 10.6 Å². The largest absolute Gasteiger partial charge is 0.374 e. The molecule has 1 aromatic heterocycles. The molecule has 1 aromatic rings. The van der Waals surface area contributed by atoms with E-state index in [1.165, 1.54) is 12.8 Å². The number of nitrogens with zero attached hydrogens (tertiary/aromatic N) is 1. The monoisotopic (exact) mass is 255 g/mol. The number of hydrogen-bond acceptors (Lipinski definition) is 5. The van der Waals surface area contributed by atoms with Gasteiger partial charge < -0.3 is 4.74 Å². The quantitative estimate of drug-likeness (QED) is 0.602. The molecule has 0 aliphatic heterocycles. The Morgan fingerprint density at radius 3 is 2.88 bits per heavy atom. The van der Waals surface area contributed by atoms with Crippen molar-refractivity contribution in [2.45, 2.75) is 50.7 Å². The highest BCUT2D eigenvalue weighted by atomic mass is 32.1. The standard InChI is InChI=1S/C12H21N3OS/c1-2-16-12(5-3-4-6-12)10(15-13)9-11-14-7-8-17-11/h7-8,10,15H,2-6,9,13H2,1H3. The fourth-order valence-electron chi connectivity index (χ4n) is 2.78. The van der Waals surface area contributed by atoms with Gasteiger partial charge >= 0.3 is 0 Å². The Kier molecular flexibility index (Phi) is 4.50. The van der Waals surface area contributed by atoms with Crippen LogP contribution >= 0.6 is 11.3 Å². The van der Waals surface area contributed by atoms with E-state index in [2.05, 4.69) is 17.3 Å². The molecule has 1 heterocycles. The van der Waals surface area contributed by atoms with Crippen LogP contribution in [0.5, 0.6) is 0 Å². The first kappa shape index (κ1) is 13.0. The van der Waals surface area contributed by atoms with Crippen molar-refractivity contribution in [1.82, 2.24) is 10.4 Å². The average Bonchev–Trinajstić information content (AvgIpc) is 2.97. The molecule has 1 unspecified atom stereocenters. The van der Waals surface area contributed by atoms with Crippen molar-refractivity contribution in [2.24, 2.45) is 5.84 Å². The number of rotatable bonds is 6. The minimum Gasteiger partial charge on any atom is -0.374 e. The zero-order valence-electron chi connectivity index (χ0n) is 10.3. The smallest absolute Gasteiger partial charge is 0.0942 e. The van der Waals surface area contributed by atoms with Gasteiger partial charge in [-0.25, -0.2) is 4.98 Å². The topological polar surface area (TPSA) is 60.2 Å². The van der Waals surface area contributed by atoms with Gasteiger partial charge in [0.25, 0.3) is 0 Å². The second-order valence-corrected chi connectivity index (χ2v) is 5.53. The van der Waals surface area contributed by atoms with Crippen molar-refractivity contribution >= 4 is 11.3 Å². The van der Waals surface area contributed by atoms with Crippen molar-refractivity contribution in [3.63, 3.8) is 0 Å². The van der Waals surface area contributed by atoms with Crippen LogP contribution in [0.25, 0.3) is 0 Å². The van der Waals surface area contributed by atoms with E-state index in [0.717, 1.165) is 30.9 Å². The molecule has 0 saturated heterocycles. The molecule has 0 aromatic carbocycles. The molecule has 1 atom stereocenters. The van der Waals surface area contributed by atoms with E-state index in [0.29, 0.717) is 0 Å². The molecule has 2 rings (SSSR count). The summed E-state index contributed by atoms with van der Waals surface area (Å²) in [5.41, 5.74) is 2.86. The number of thiazole rings is 1. The third-order valence-electron chi connectivity index (χ3n) is 3.58. The SMILES string of the molecule is CCOC1(C(Cc2nccs2)NN)CCCC1. The Labute approximate surface area is 107 Å². The minimum atomic E-state index is -0.0881. The zero-order chi connectivity index (χ0) is 12.1. The summed E-state index contributed by atoms with van der Waals surface area (Å²) in [4.78, 5) is 4.33. The lowest BCUT2D eigenvalue weighted by molar-refractivity contribution is -0.0613. The van der Waals surface area contributed by atoms with Gasteiger partial charge in [0.1, 0.15) is 0 Å². The highest BCUT2D eigenvalue weighted by molar-refractivity contribution is 7.09. The van der Waals surface area contributed by atoms with Gasteiger partial charge in [0.05, 0.1) is 16.7 Å². The van der Waals surface area contributed by atoms with E-state index < -0.39 is 0 Å². The third-order valence-corrected chi connectivity index (χ3v) is 4.38. The van der Waals surface area contributed by atoms with Crippen LogP contribution < -0.4 is 11.3 Å². The molecule has 1 aliphatic carbocycles. The van der Waals surface area contributed by atoms with Gasteiger partial charge in [-0.15, -0.1) is 11.3 Å². The second-order valence-electron chi connectivity index (χ2n) is 4.55. The van der Waals surface area contributed by atoms with Crippen LogP contribution in [0.1, 0.15) is 37.6 Å².